The Labute approximate surface area is 126 Å². The molecule has 2 aliphatic rings. The van der Waals surface area contributed by atoms with Crippen LogP contribution in [0.2, 0.25) is 0 Å². The molecular weight excluding hydrogens is 288 g/mol. The highest BCUT2D eigenvalue weighted by Gasteiger charge is 2.53. The summed E-state index contributed by atoms with van der Waals surface area (Å²) in [6.07, 6.45) is 2.57. The number of nitrogens with zero attached hydrogens (tertiary/aromatic N) is 1. The number of carboxylic acids is 1. The van der Waals surface area contributed by atoms with Crippen LogP contribution in [-0.4, -0.2) is 21.9 Å². The number of nitro groups is 1. The Morgan fingerprint density at radius 3 is 2.27 bits per heavy atom. The summed E-state index contributed by atoms with van der Waals surface area (Å²) in [6.45, 7) is 0. The highest BCUT2D eigenvalue weighted by molar-refractivity contribution is 5.96. The smallest absolute Gasteiger partial charge is 0.307 e. The minimum Gasteiger partial charge on any atom is -0.481 e. The van der Waals surface area contributed by atoms with Crippen molar-refractivity contribution < 1.29 is 19.6 Å². The maximum absolute atomic E-state index is 12.4. The lowest BCUT2D eigenvalue weighted by atomic mass is 9.78. The molecule has 2 N–H and O–H groups in total. The average Bonchev–Trinajstić information content (AvgIpc) is 3.08. The molecule has 1 aromatic carbocycles. The molecule has 7 nitrogen and oxygen atoms in total. The highest BCUT2D eigenvalue weighted by atomic mass is 16.6. The third kappa shape index (κ3) is 2.43. The van der Waals surface area contributed by atoms with Crippen LogP contribution < -0.4 is 5.32 Å². The lowest BCUT2D eigenvalue weighted by Crippen LogP contribution is -2.37. The van der Waals surface area contributed by atoms with Crippen molar-refractivity contribution >= 4 is 23.3 Å². The first-order valence-corrected chi connectivity index (χ1v) is 7.25. The van der Waals surface area contributed by atoms with Gasteiger partial charge in [0.2, 0.25) is 5.91 Å². The van der Waals surface area contributed by atoms with Gasteiger partial charge in [0.25, 0.3) is 5.69 Å². The molecule has 2 fully saturated rings. The number of amides is 1. The number of rotatable bonds is 4. The fourth-order valence-corrected chi connectivity index (χ4v) is 3.92. The fourth-order valence-electron chi connectivity index (χ4n) is 3.92. The molecule has 0 unspecified atom stereocenters. The topological polar surface area (TPSA) is 110 Å². The Balaban J connectivity index is 1.73. The molecule has 2 aliphatic carbocycles. The van der Waals surface area contributed by atoms with E-state index in [1.165, 1.54) is 24.3 Å². The number of carbonyl (C=O) groups is 2. The zero-order valence-corrected chi connectivity index (χ0v) is 11.8. The monoisotopic (exact) mass is 304 g/mol. The van der Waals surface area contributed by atoms with Gasteiger partial charge in [-0.25, -0.2) is 0 Å². The van der Waals surface area contributed by atoms with E-state index < -0.39 is 22.7 Å². The van der Waals surface area contributed by atoms with E-state index in [-0.39, 0.29) is 23.4 Å². The number of anilines is 1. The molecule has 2 saturated carbocycles. The van der Waals surface area contributed by atoms with Gasteiger partial charge in [-0.3, -0.25) is 19.7 Å². The van der Waals surface area contributed by atoms with Gasteiger partial charge in [0.15, 0.2) is 0 Å². The first-order valence-electron chi connectivity index (χ1n) is 7.25. The summed E-state index contributed by atoms with van der Waals surface area (Å²) in [5.41, 5.74) is 0.392. The molecular formula is C15H16N2O5. The molecule has 2 bridgehead atoms. The van der Waals surface area contributed by atoms with Gasteiger partial charge >= 0.3 is 5.97 Å². The van der Waals surface area contributed by atoms with Crippen LogP contribution in [0.4, 0.5) is 11.4 Å². The number of non-ortho nitro benzene ring substituents is 1. The fraction of sp³-hybridized carbons (Fsp3) is 0.467. The van der Waals surface area contributed by atoms with Crippen LogP contribution in [0.5, 0.6) is 0 Å². The number of carboxylic acid groups (broad SMARTS) is 1. The Kier molecular flexibility index (Phi) is 3.56. The summed E-state index contributed by atoms with van der Waals surface area (Å²) >= 11 is 0. The number of carbonyl (C=O) groups excluding carboxylic acids is 1. The predicted molar refractivity (Wildman–Crippen MR) is 77.2 cm³/mol. The molecule has 0 saturated heterocycles. The van der Waals surface area contributed by atoms with Crippen molar-refractivity contribution in [2.24, 2.45) is 23.7 Å². The minimum absolute atomic E-state index is 0.0543. The van der Waals surface area contributed by atoms with Crippen molar-refractivity contribution in [3.63, 3.8) is 0 Å². The van der Waals surface area contributed by atoms with Gasteiger partial charge < -0.3 is 10.4 Å². The predicted octanol–water partition coefficient (Wildman–Crippen LogP) is 2.28. The van der Waals surface area contributed by atoms with Crippen LogP contribution >= 0.6 is 0 Å². The molecule has 4 atom stereocenters. The van der Waals surface area contributed by atoms with Crippen molar-refractivity contribution in [3.8, 4) is 0 Å². The number of nitrogens with one attached hydrogen (secondary N) is 1. The molecule has 1 amide bonds. The van der Waals surface area contributed by atoms with Crippen molar-refractivity contribution in [1.29, 1.82) is 0 Å². The van der Waals surface area contributed by atoms with Gasteiger partial charge in [-0.15, -0.1) is 0 Å². The number of nitro benzene ring substituents is 1. The van der Waals surface area contributed by atoms with Crippen molar-refractivity contribution in [2.45, 2.75) is 19.3 Å². The maximum Gasteiger partial charge on any atom is 0.307 e. The van der Waals surface area contributed by atoms with Gasteiger partial charge in [0.05, 0.1) is 16.8 Å². The third-order valence-electron chi connectivity index (χ3n) is 4.85. The Bertz CT molecular complexity index is 627. The van der Waals surface area contributed by atoms with E-state index in [1.54, 1.807) is 0 Å². The molecule has 0 radical (unpaired) electrons. The molecule has 3 rings (SSSR count). The van der Waals surface area contributed by atoms with E-state index in [1.807, 2.05) is 0 Å². The SMILES string of the molecule is O=C(O)[C@@H]1[C@@H]2CC[C@@H](C2)[C@@H]1C(=O)Nc1ccc([N+](=O)[O-])cc1. The summed E-state index contributed by atoms with van der Waals surface area (Å²) in [6, 6.07) is 5.54. The molecule has 0 aromatic heterocycles. The largest absolute Gasteiger partial charge is 0.481 e. The summed E-state index contributed by atoms with van der Waals surface area (Å²) < 4.78 is 0. The van der Waals surface area contributed by atoms with Gasteiger partial charge in [-0.05, 0) is 43.2 Å². The third-order valence-corrected chi connectivity index (χ3v) is 4.85. The van der Waals surface area contributed by atoms with Crippen LogP contribution in [0.25, 0.3) is 0 Å². The average molecular weight is 304 g/mol. The van der Waals surface area contributed by atoms with Gasteiger partial charge in [0, 0.05) is 17.8 Å². The second-order valence-corrected chi connectivity index (χ2v) is 6.02. The van der Waals surface area contributed by atoms with Gasteiger partial charge in [-0.1, -0.05) is 0 Å². The summed E-state index contributed by atoms with van der Waals surface area (Å²) in [7, 11) is 0. The molecule has 22 heavy (non-hydrogen) atoms. The number of aliphatic carboxylic acids is 1. The second-order valence-electron chi connectivity index (χ2n) is 6.02. The number of fused-ring (bicyclic) bond motifs is 2. The van der Waals surface area contributed by atoms with Crippen molar-refractivity contribution in [1.82, 2.24) is 0 Å². The van der Waals surface area contributed by atoms with E-state index >= 15 is 0 Å². The van der Waals surface area contributed by atoms with Crippen molar-refractivity contribution in [2.75, 3.05) is 5.32 Å². The summed E-state index contributed by atoms with van der Waals surface area (Å²) in [5, 5.41) is 22.7. The van der Waals surface area contributed by atoms with Gasteiger partial charge in [0.1, 0.15) is 0 Å². The van der Waals surface area contributed by atoms with E-state index in [9.17, 15) is 24.8 Å². The summed E-state index contributed by atoms with van der Waals surface area (Å²) in [4.78, 5) is 33.9. The molecule has 116 valence electrons. The zero-order valence-electron chi connectivity index (χ0n) is 11.8. The Morgan fingerprint density at radius 1 is 1.14 bits per heavy atom. The number of hydrogen-bond donors (Lipinski definition) is 2. The summed E-state index contributed by atoms with van der Waals surface area (Å²) in [5.74, 6) is -2.10. The van der Waals surface area contributed by atoms with Gasteiger partial charge in [-0.2, -0.15) is 0 Å². The molecule has 0 aliphatic heterocycles. The number of hydrogen-bond acceptors (Lipinski definition) is 4. The first kappa shape index (κ1) is 14.5. The molecule has 0 spiro atoms. The van der Waals surface area contributed by atoms with Crippen LogP contribution in [0.1, 0.15) is 19.3 Å². The highest BCUT2D eigenvalue weighted by Crippen LogP contribution is 2.52. The van der Waals surface area contributed by atoms with Crippen LogP contribution in [0.15, 0.2) is 24.3 Å². The maximum atomic E-state index is 12.4. The Hall–Kier alpha value is -2.44. The molecule has 7 heteroatoms. The standard InChI is InChI=1S/C15H16N2O5/c18-14(16-10-3-5-11(6-4-10)17(21)22)12-8-1-2-9(7-8)13(12)15(19)20/h3-6,8-9,12-13H,1-2,7H2,(H,16,18)(H,19,20)/t8-,9+,12-,13+/m0/s1. The zero-order chi connectivity index (χ0) is 15.9. The lowest BCUT2D eigenvalue weighted by Gasteiger charge is -2.27. The van der Waals surface area contributed by atoms with E-state index in [2.05, 4.69) is 5.32 Å². The molecule has 1 aromatic rings. The van der Waals surface area contributed by atoms with Crippen LogP contribution in [-0.2, 0) is 9.59 Å². The van der Waals surface area contributed by atoms with Crippen LogP contribution in [0, 0.1) is 33.8 Å². The van der Waals surface area contributed by atoms with E-state index in [0.29, 0.717) is 5.69 Å². The Morgan fingerprint density at radius 2 is 1.73 bits per heavy atom. The quantitative estimate of drug-likeness (QED) is 0.655. The van der Waals surface area contributed by atoms with E-state index in [0.717, 1.165) is 19.3 Å². The van der Waals surface area contributed by atoms with E-state index in [4.69, 9.17) is 0 Å². The second kappa shape index (κ2) is 5.40. The first-order chi connectivity index (χ1) is 10.5. The lowest BCUT2D eigenvalue weighted by molar-refractivity contribution is -0.384. The normalized spacial score (nSPS) is 29.3. The minimum atomic E-state index is -0.906. The number of benzene rings is 1. The van der Waals surface area contributed by atoms with Crippen LogP contribution in [0.3, 0.4) is 0 Å². The van der Waals surface area contributed by atoms with Crippen molar-refractivity contribution in [3.05, 3.63) is 34.4 Å². The molecule has 0 heterocycles.